The fourth-order valence-corrected chi connectivity index (χ4v) is 2.57. The van der Waals surface area contributed by atoms with Crippen molar-refractivity contribution in [3.05, 3.63) is 41.5 Å². The van der Waals surface area contributed by atoms with Gasteiger partial charge in [-0.25, -0.2) is 4.79 Å². The Hall–Kier alpha value is -3.42. The first-order chi connectivity index (χ1) is 12.9. The maximum absolute atomic E-state index is 12.4. The Balaban J connectivity index is 2.20. The quantitative estimate of drug-likeness (QED) is 0.731. The van der Waals surface area contributed by atoms with E-state index in [1.807, 2.05) is 0 Å². The minimum Gasteiger partial charge on any atom is -0.496 e. The summed E-state index contributed by atoms with van der Waals surface area (Å²) in [5.41, 5.74) is 1.10. The van der Waals surface area contributed by atoms with Crippen LogP contribution in [0.2, 0.25) is 0 Å². The molecule has 0 heterocycles. The molecule has 0 aliphatic carbocycles. The lowest BCUT2D eigenvalue weighted by Gasteiger charge is -2.14. The van der Waals surface area contributed by atoms with Crippen LogP contribution in [0, 0.1) is 0 Å². The Labute approximate surface area is 156 Å². The second kappa shape index (κ2) is 8.79. The molecule has 0 saturated heterocycles. The number of amides is 1. The van der Waals surface area contributed by atoms with Crippen LogP contribution >= 0.6 is 0 Å². The Kier molecular flexibility index (Phi) is 6.48. The Morgan fingerprint density at radius 3 is 1.96 bits per heavy atom. The van der Waals surface area contributed by atoms with Crippen molar-refractivity contribution in [3.63, 3.8) is 0 Å². The van der Waals surface area contributed by atoms with Gasteiger partial charge in [0.2, 0.25) is 11.7 Å². The van der Waals surface area contributed by atoms with Gasteiger partial charge < -0.3 is 29.4 Å². The minimum atomic E-state index is -1.11. The number of nitrogens with one attached hydrogen (secondary N) is 1. The third-order valence-electron chi connectivity index (χ3n) is 3.80. The van der Waals surface area contributed by atoms with E-state index in [1.165, 1.54) is 46.6 Å². The summed E-state index contributed by atoms with van der Waals surface area (Å²) in [4.78, 5) is 23.5. The van der Waals surface area contributed by atoms with Crippen LogP contribution in [0.25, 0.3) is 0 Å². The van der Waals surface area contributed by atoms with E-state index in [1.54, 1.807) is 12.1 Å². The molecule has 0 saturated carbocycles. The van der Waals surface area contributed by atoms with Crippen LogP contribution in [0.5, 0.6) is 23.0 Å². The van der Waals surface area contributed by atoms with Crippen LogP contribution in [0.3, 0.4) is 0 Å². The topological polar surface area (TPSA) is 103 Å². The van der Waals surface area contributed by atoms with Gasteiger partial charge in [-0.1, -0.05) is 0 Å². The highest BCUT2D eigenvalue weighted by Gasteiger charge is 2.16. The molecule has 8 heteroatoms. The largest absolute Gasteiger partial charge is 0.496 e. The van der Waals surface area contributed by atoms with E-state index >= 15 is 0 Å². The molecule has 0 aromatic heterocycles. The number of carbonyl (C=O) groups is 2. The van der Waals surface area contributed by atoms with Crippen molar-refractivity contribution in [1.29, 1.82) is 0 Å². The number of benzene rings is 2. The molecule has 2 rings (SSSR count). The first-order valence-corrected chi connectivity index (χ1v) is 7.93. The molecule has 144 valence electrons. The molecule has 0 spiro atoms. The van der Waals surface area contributed by atoms with Crippen molar-refractivity contribution in [3.8, 4) is 23.0 Å². The molecular weight excluding hydrogens is 354 g/mol. The van der Waals surface area contributed by atoms with E-state index < -0.39 is 5.97 Å². The van der Waals surface area contributed by atoms with Gasteiger partial charge in [-0.3, -0.25) is 4.79 Å². The van der Waals surface area contributed by atoms with Gasteiger partial charge >= 0.3 is 5.97 Å². The SMILES string of the molecule is COc1cc(NC(=O)Cc2cc(OC)c(OC)c(OC)c2)ccc1C(=O)O. The molecule has 27 heavy (non-hydrogen) atoms. The molecule has 0 aliphatic heterocycles. The van der Waals surface area contributed by atoms with Crippen LogP contribution < -0.4 is 24.3 Å². The van der Waals surface area contributed by atoms with Gasteiger partial charge in [0.25, 0.3) is 0 Å². The molecule has 2 N–H and O–H groups in total. The fraction of sp³-hybridized carbons (Fsp3) is 0.263. The number of aromatic carboxylic acids is 1. The zero-order valence-corrected chi connectivity index (χ0v) is 15.5. The average molecular weight is 375 g/mol. The third-order valence-corrected chi connectivity index (χ3v) is 3.80. The highest BCUT2D eigenvalue weighted by molar-refractivity contribution is 5.95. The van der Waals surface area contributed by atoms with Crippen molar-refractivity contribution in [2.24, 2.45) is 0 Å². The van der Waals surface area contributed by atoms with Crippen molar-refractivity contribution in [2.45, 2.75) is 6.42 Å². The first-order valence-electron chi connectivity index (χ1n) is 7.93. The summed E-state index contributed by atoms with van der Waals surface area (Å²) in [7, 11) is 5.86. The summed E-state index contributed by atoms with van der Waals surface area (Å²) in [6.07, 6.45) is 0.0553. The number of anilines is 1. The lowest BCUT2D eigenvalue weighted by atomic mass is 10.1. The monoisotopic (exact) mass is 375 g/mol. The molecule has 0 atom stereocenters. The van der Waals surface area contributed by atoms with Crippen LogP contribution in [0.15, 0.2) is 30.3 Å². The number of hydrogen-bond donors (Lipinski definition) is 2. The van der Waals surface area contributed by atoms with E-state index in [2.05, 4.69) is 5.32 Å². The van der Waals surface area contributed by atoms with Crippen LogP contribution in [-0.2, 0) is 11.2 Å². The summed E-state index contributed by atoms with van der Waals surface area (Å²) < 4.78 is 20.9. The highest BCUT2D eigenvalue weighted by Crippen LogP contribution is 2.38. The van der Waals surface area contributed by atoms with E-state index in [4.69, 9.17) is 24.1 Å². The molecule has 0 fully saturated rings. The normalized spacial score (nSPS) is 10.1. The highest BCUT2D eigenvalue weighted by atomic mass is 16.5. The van der Waals surface area contributed by atoms with Crippen molar-refractivity contribution in [1.82, 2.24) is 0 Å². The second-order valence-electron chi connectivity index (χ2n) is 5.48. The van der Waals surface area contributed by atoms with Crippen molar-refractivity contribution < 1.29 is 33.6 Å². The maximum Gasteiger partial charge on any atom is 0.339 e. The predicted octanol–water partition coefficient (Wildman–Crippen LogP) is 2.60. The standard InChI is InChI=1S/C19H21NO7/c1-24-14-10-12(5-6-13(14)19(22)23)20-17(21)9-11-7-15(25-2)18(27-4)16(8-11)26-3/h5-8,10H,9H2,1-4H3,(H,20,21)(H,22,23). The lowest BCUT2D eigenvalue weighted by Crippen LogP contribution is -2.15. The summed E-state index contributed by atoms with van der Waals surface area (Å²) in [6, 6.07) is 7.70. The summed E-state index contributed by atoms with van der Waals surface area (Å²) in [6.45, 7) is 0. The number of rotatable bonds is 8. The molecule has 0 aliphatic rings. The number of carbonyl (C=O) groups excluding carboxylic acids is 1. The summed E-state index contributed by atoms with van der Waals surface area (Å²) >= 11 is 0. The molecule has 8 nitrogen and oxygen atoms in total. The summed E-state index contributed by atoms with van der Waals surface area (Å²) in [5.74, 6) is 0.0991. The third kappa shape index (κ3) is 4.60. The smallest absolute Gasteiger partial charge is 0.339 e. The van der Waals surface area contributed by atoms with Crippen LogP contribution in [0.4, 0.5) is 5.69 Å². The van der Waals surface area contributed by atoms with E-state index in [0.29, 0.717) is 28.5 Å². The molecule has 0 unspecified atom stereocenters. The number of hydrogen-bond acceptors (Lipinski definition) is 6. The predicted molar refractivity (Wildman–Crippen MR) is 98.4 cm³/mol. The second-order valence-corrected chi connectivity index (χ2v) is 5.48. The average Bonchev–Trinajstić information content (AvgIpc) is 2.66. The molecule has 2 aromatic carbocycles. The first kappa shape index (κ1) is 19.9. The van der Waals surface area contributed by atoms with E-state index in [9.17, 15) is 9.59 Å². The number of carboxylic acid groups (broad SMARTS) is 1. The molecule has 1 amide bonds. The fourth-order valence-electron chi connectivity index (χ4n) is 2.57. The number of ether oxygens (including phenoxy) is 4. The molecule has 0 radical (unpaired) electrons. The molecule has 2 aromatic rings. The Bertz CT molecular complexity index is 823. The zero-order chi connectivity index (χ0) is 20.0. The van der Waals surface area contributed by atoms with E-state index in [0.717, 1.165) is 0 Å². The van der Waals surface area contributed by atoms with E-state index in [-0.39, 0.29) is 23.6 Å². The van der Waals surface area contributed by atoms with Gasteiger partial charge in [-0.2, -0.15) is 0 Å². The van der Waals surface area contributed by atoms with Gasteiger partial charge in [-0.15, -0.1) is 0 Å². The molecular formula is C19H21NO7. The molecule has 0 bridgehead atoms. The lowest BCUT2D eigenvalue weighted by molar-refractivity contribution is -0.115. The number of carboxylic acids is 1. The zero-order valence-electron chi connectivity index (χ0n) is 15.5. The van der Waals surface area contributed by atoms with Crippen LogP contribution in [-0.4, -0.2) is 45.4 Å². The minimum absolute atomic E-state index is 0.0140. The summed E-state index contributed by atoms with van der Waals surface area (Å²) in [5, 5.41) is 11.8. The van der Waals surface area contributed by atoms with Gasteiger partial charge in [-0.05, 0) is 29.8 Å². The van der Waals surface area contributed by atoms with Crippen molar-refractivity contribution in [2.75, 3.05) is 33.8 Å². The van der Waals surface area contributed by atoms with Gasteiger partial charge in [0.05, 0.1) is 34.9 Å². The number of methoxy groups -OCH3 is 4. The van der Waals surface area contributed by atoms with Crippen molar-refractivity contribution >= 4 is 17.6 Å². The van der Waals surface area contributed by atoms with Gasteiger partial charge in [0.1, 0.15) is 11.3 Å². The Morgan fingerprint density at radius 1 is 0.889 bits per heavy atom. The van der Waals surface area contributed by atoms with Gasteiger partial charge in [0.15, 0.2) is 11.5 Å². The maximum atomic E-state index is 12.4. The Morgan fingerprint density at radius 2 is 1.48 bits per heavy atom. The van der Waals surface area contributed by atoms with Crippen LogP contribution in [0.1, 0.15) is 15.9 Å². The van der Waals surface area contributed by atoms with Gasteiger partial charge in [0, 0.05) is 11.8 Å².